The van der Waals surface area contributed by atoms with E-state index in [1.807, 2.05) is 91.0 Å². The molecule has 0 radical (unpaired) electrons. The first-order valence-corrected chi connectivity index (χ1v) is 42.7. The zero-order valence-corrected chi connectivity index (χ0v) is 71.3. The molecule has 0 spiro atoms. The number of rotatable bonds is 15. The van der Waals surface area contributed by atoms with Crippen LogP contribution in [-0.4, -0.2) is 89.1 Å². The number of ether oxygens (including phenoxy) is 1. The molecule has 2 amide bonds. The number of benzene rings is 3. The first kappa shape index (κ1) is 85.6. The Morgan fingerprint density at radius 3 is 1.11 bits per heavy atom. The molecule has 114 heavy (non-hydrogen) atoms. The van der Waals surface area contributed by atoms with Gasteiger partial charge in [-0.3, -0.25) is 14.4 Å². The third kappa shape index (κ3) is 22.0. The smallest absolute Gasteiger partial charge is 0.367 e. The van der Waals surface area contributed by atoms with Crippen LogP contribution < -0.4 is 22.1 Å². The van der Waals surface area contributed by atoms with E-state index in [-0.39, 0.29) is 47.2 Å². The van der Waals surface area contributed by atoms with Gasteiger partial charge in [0.05, 0.1) is 25.2 Å². The van der Waals surface area contributed by atoms with Crippen molar-refractivity contribution in [3.05, 3.63) is 218 Å². The molecule has 598 valence electrons. The fraction of sp³-hybridized carbons (Fsp3) is 0.465. The summed E-state index contributed by atoms with van der Waals surface area (Å²) in [4.78, 5) is 94.5. The summed E-state index contributed by atoms with van der Waals surface area (Å²) in [6.07, 6.45) is 12.8. The Bertz CT molecular complexity index is 5320. The van der Waals surface area contributed by atoms with Crippen LogP contribution in [0.1, 0.15) is 235 Å². The quantitative estimate of drug-likeness (QED) is 0.0244. The van der Waals surface area contributed by atoms with Gasteiger partial charge in [0, 0.05) is 51.7 Å². The van der Waals surface area contributed by atoms with Gasteiger partial charge in [0.1, 0.15) is 41.4 Å². The number of azide groups is 2. The minimum absolute atomic E-state index is 0.137. The van der Waals surface area contributed by atoms with Gasteiger partial charge in [-0.1, -0.05) is 230 Å². The van der Waals surface area contributed by atoms with Gasteiger partial charge in [-0.2, -0.15) is 0 Å². The summed E-state index contributed by atoms with van der Waals surface area (Å²) in [5, 5.41) is 14.1. The van der Waals surface area contributed by atoms with Crippen molar-refractivity contribution in [3.8, 4) is 0 Å². The van der Waals surface area contributed by atoms with Crippen LogP contribution in [0.4, 0.5) is 0 Å². The van der Waals surface area contributed by atoms with E-state index in [0.717, 1.165) is 139 Å². The lowest BCUT2D eigenvalue weighted by Gasteiger charge is -2.34. The lowest BCUT2D eigenvalue weighted by Crippen LogP contribution is -2.33. The highest BCUT2D eigenvalue weighted by molar-refractivity contribution is 7.21. The molecule has 0 fully saturated rings. The van der Waals surface area contributed by atoms with Crippen molar-refractivity contribution >= 4 is 121 Å². The minimum atomic E-state index is -0.501. The molecule has 0 saturated heterocycles. The maximum absolute atomic E-state index is 12.9. The van der Waals surface area contributed by atoms with E-state index in [9.17, 15) is 19.2 Å². The van der Waals surface area contributed by atoms with E-state index in [0.29, 0.717) is 74.2 Å². The molecule has 15 rings (SSSR count). The van der Waals surface area contributed by atoms with Crippen molar-refractivity contribution in [1.29, 1.82) is 0 Å². The molecule has 11 aromatic rings. The van der Waals surface area contributed by atoms with Gasteiger partial charge < -0.3 is 26.8 Å². The number of aromatic nitrogens is 8. The molecular weight excluding hydrogens is 1530 g/mol. The number of amides is 2. The molecular formula is C86H103ClN18O5S4. The Kier molecular flexibility index (Phi) is 28.2. The van der Waals surface area contributed by atoms with Crippen LogP contribution in [0.15, 0.2) is 125 Å². The van der Waals surface area contributed by atoms with Crippen LogP contribution >= 0.6 is 56.9 Å². The van der Waals surface area contributed by atoms with Crippen molar-refractivity contribution in [2.24, 2.45) is 67.0 Å². The monoisotopic (exact) mass is 1630 g/mol. The number of aryl methyl sites for hydroxylation is 4. The van der Waals surface area contributed by atoms with Crippen LogP contribution in [0.25, 0.3) is 62.3 Å². The first-order valence-electron chi connectivity index (χ1n) is 39.0. The first-order chi connectivity index (χ1) is 54.3. The fourth-order valence-corrected chi connectivity index (χ4v) is 18.4. The van der Waals surface area contributed by atoms with E-state index < -0.39 is 11.3 Å². The molecule has 0 bridgehead atoms. The second kappa shape index (κ2) is 37.6. The molecule has 7 atom stereocenters. The summed E-state index contributed by atoms with van der Waals surface area (Å²) in [6, 6.07) is 36.5. The van der Waals surface area contributed by atoms with E-state index in [1.165, 1.54) is 86.1 Å². The van der Waals surface area contributed by atoms with Gasteiger partial charge in [0.15, 0.2) is 15.0 Å². The van der Waals surface area contributed by atoms with Gasteiger partial charge in [0.25, 0.3) is 17.1 Å². The maximum atomic E-state index is 12.9. The maximum Gasteiger partial charge on any atom is 0.367 e. The lowest BCUT2D eigenvalue weighted by molar-refractivity contribution is 0.0525. The number of nitrogens with two attached hydrogens (primary N) is 2. The zero-order chi connectivity index (χ0) is 81.8. The molecule has 3 aromatic carbocycles. The summed E-state index contributed by atoms with van der Waals surface area (Å²) in [5.74, 6) is 1.77. The number of halogens is 1. The van der Waals surface area contributed by atoms with Crippen LogP contribution in [0.3, 0.4) is 0 Å². The van der Waals surface area contributed by atoms with E-state index in [1.54, 1.807) is 6.92 Å². The Hall–Kier alpha value is -9.27. The minimum Gasteiger partial charge on any atom is -0.461 e. The van der Waals surface area contributed by atoms with E-state index in [2.05, 4.69) is 163 Å². The van der Waals surface area contributed by atoms with Crippen LogP contribution in [0.5, 0.6) is 0 Å². The highest BCUT2D eigenvalue weighted by Crippen LogP contribution is 2.43. The summed E-state index contributed by atoms with van der Waals surface area (Å²) >= 11 is 10.8. The third-order valence-corrected chi connectivity index (χ3v) is 26.2. The highest BCUT2D eigenvalue weighted by atomic mass is 35.5. The molecule has 4 unspecified atom stereocenters. The van der Waals surface area contributed by atoms with Crippen LogP contribution in [0.2, 0.25) is 0 Å². The second-order valence-electron chi connectivity index (χ2n) is 33.9. The number of carbonyl (C=O) groups is 4. The summed E-state index contributed by atoms with van der Waals surface area (Å²) < 4.78 is 5.03. The van der Waals surface area contributed by atoms with E-state index >= 15 is 0 Å². The second-order valence-corrected chi connectivity index (χ2v) is 38.2. The van der Waals surface area contributed by atoms with Crippen molar-refractivity contribution in [2.75, 3.05) is 26.2 Å². The normalized spacial score (nSPS) is 17.2. The summed E-state index contributed by atoms with van der Waals surface area (Å²) in [7, 11) is 0. The molecule has 8 aromatic heterocycles. The average Bonchev–Trinajstić information content (AvgIpc) is 1.60. The van der Waals surface area contributed by atoms with Gasteiger partial charge >= 0.3 is 5.97 Å². The Balaban J connectivity index is 0.000000145. The Labute approximate surface area is 687 Å². The molecule has 4 aliphatic carbocycles. The van der Waals surface area contributed by atoms with Crippen molar-refractivity contribution < 1.29 is 23.9 Å². The molecule has 8 heterocycles. The largest absolute Gasteiger partial charge is 0.461 e. The number of carbonyl (C=O) groups excluding carboxylic acids is 4. The highest BCUT2D eigenvalue weighted by Gasteiger charge is 2.35. The molecule has 4 aliphatic rings. The molecule has 6 N–H and O–H groups in total. The summed E-state index contributed by atoms with van der Waals surface area (Å²) in [6.45, 7) is 30.5. The SMILES string of the molecule is CC(C)(C)C1CCc2nc3sc(C(=O)Cl)nc3cc2C1.CC(C)(C)C1CCc2nc3sc(C(=O)N[C@H](CN)c4ccccc4)nc3cc2C1.CC(C)(C)C1CCc2nc3sc(C(=O)N[C@H](CN=[N+]=[N-])c4ccccc4)nc3cc2C1.CCOC(=O)c1nc2cc3c(nc2s1)CCC(C(C)(C)C)C3.[N-]=[N+]=NC[C@@H](N)c1ccccc1. The number of hydrogen-bond donors (Lipinski definition) is 4. The van der Waals surface area contributed by atoms with E-state index in [4.69, 9.17) is 53.8 Å². The average molecular weight is 1630 g/mol. The zero-order valence-electron chi connectivity index (χ0n) is 67.3. The predicted molar refractivity (Wildman–Crippen MR) is 459 cm³/mol. The van der Waals surface area contributed by atoms with Crippen LogP contribution in [-0.2, 0) is 56.1 Å². The fourth-order valence-electron chi connectivity index (χ4n) is 14.9. The number of pyridine rings is 4. The molecule has 0 aliphatic heterocycles. The number of nitrogens with zero attached hydrogens (tertiary/aromatic N) is 14. The standard InChI is InChI=1S/C23H26N6OS.C23H28N4OS.C17H22N2O2S.C15H17ClN2OS.C8H10N4/c1-23(2,3)16-9-10-17-15(11-16)12-18-21(27-17)31-22(28-18)20(30)26-19(13-25-29-24)14-7-5-4-6-8-14;1-23(2,3)16-9-10-17-15(11-16)12-18-21(26-17)29-22(27-18)20(28)25-19(13-24)14-7-5-4-6-8-14;1-5-21-16(20)15-19-13-9-10-8-11(17(2,3)4)6-7-12(10)18-14(13)22-15;1-15(2,3)9-4-5-10-8(6-9)7-11-13(17-10)20-14(18-11)12(16)19;9-8(6-11-12-10)7-4-2-1-3-5-7/h4-8,12,16,19H,9-11,13H2,1-3H3,(H,26,30);4-8,12,16,19H,9-11,13,24H2,1-3H3,(H,25,28);9,11H,5-8H2,1-4H3;7,9H,4-6H2,1-3H3;1-5,8H,6,9H2/t2*16?,19-;;;8-/m11..1/s1. The van der Waals surface area contributed by atoms with Gasteiger partial charge in [0.2, 0.25) is 5.01 Å². The van der Waals surface area contributed by atoms with Crippen molar-refractivity contribution in [2.45, 2.75) is 185 Å². The molecule has 0 saturated carbocycles. The van der Waals surface area contributed by atoms with Gasteiger partial charge in [-0.15, -0.1) is 0 Å². The number of fused-ring (bicyclic) bond motifs is 8. The van der Waals surface area contributed by atoms with Gasteiger partial charge in [-0.05, 0) is 215 Å². The van der Waals surface area contributed by atoms with Crippen molar-refractivity contribution in [3.63, 3.8) is 0 Å². The lowest BCUT2D eigenvalue weighted by atomic mass is 9.71. The summed E-state index contributed by atoms with van der Waals surface area (Å²) in [5.41, 5.74) is 45.4. The van der Waals surface area contributed by atoms with Crippen molar-refractivity contribution in [1.82, 2.24) is 50.5 Å². The van der Waals surface area contributed by atoms with Crippen LogP contribution in [0, 0.1) is 45.3 Å². The topological polar surface area (TPSA) is 354 Å². The predicted octanol–water partition coefficient (Wildman–Crippen LogP) is 20.1. The Morgan fingerprint density at radius 1 is 0.474 bits per heavy atom. The number of esters is 1. The molecule has 23 nitrogen and oxygen atoms in total. The van der Waals surface area contributed by atoms with Gasteiger partial charge in [-0.25, -0.2) is 44.7 Å². The third-order valence-electron chi connectivity index (χ3n) is 22.0. The number of nitrogens with one attached hydrogen (secondary N) is 2. The molecule has 28 heteroatoms. The Morgan fingerprint density at radius 2 is 0.781 bits per heavy atom. The number of thiazole rings is 4. The number of hydrogen-bond acceptors (Lipinski definition) is 21.